The van der Waals surface area contributed by atoms with E-state index in [9.17, 15) is 0 Å². The topological polar surface area (TPSA) is 9.23 Å². The van der Waals surface area contributed by atoms with E-state index in [1.165, 1.54) is 0 Å². The Labute approximate surface area is 74.1 Å². The smallest absolute Gasteiger partial charge is 0.408 e. The molecule has 0 amide bonds. The van der Waals surface area contributed by atoms with Crippen molar-refractivity contribution in [1.29, 1.82) is 0 Å². The van der Waals surface area contributed by atoms with Gasteiger partial charge in [-0.2, -0.15) is 0 Å². The van der Waals surface area contributed by atoms with Crippen molar-refractivity contribution in [2.45, 2.75) is 26.4 Å². The third-order valence-corrected chi connectivity index (χ3v) is 0.535. The number of rotatable bonds is 1. The first-order valence-electron chi connectivity index (χ1n) is 2.49. The van der Waals surface area contributed by atoms with E-state index in [-0.39, 0.29) is 35.2 Å². The summed E-state index contributed by atoms with van der Waals surface area (Å²) in [6, 6.07) is 0. The summed E-state index contributed by atoms with van der Waals surface area (Å²) < 4.78 is 5.12. The van der Waals surface area contributed by atoms with Crippen LogP contribution >= 0.6 is 0 Å². The average molecular weight is 124 g/mol. The molecule has 0 aromatic heterocycles. The van der Waals surface area contributed by atoms with Gasteiger partial charge < -0.3 is 11.7 Å². The molecule has 0 unspecified atom stereocenters. The van der Waals surface area contributed by atoms with Crippen LogP contribution in [0, 0.1) is 6.92 Å². The Morgan fingerprint density at radius 3 is 1.75 bits per heavy atom. The van der Waals surface area contributed by atoms with E-state index < -0.39 is 0 Å². The van der Waals surface area contributed by atoms with Crippen LogP contribution in [0.2, 0.25) is 0 Å². The molecule has 0 N–H and O–H groups in total. The summed E-state index contributed by atoms with van der Waals surface area (Å²) in [5, 5.41) is 0. The summed E-state index contributed by atoms with van der Waals surface area (Å²) in [5.41, 5.74) is -0.0122. The van der Waals surface area contributed by atoms with Crippen molar-refractivity contribution < 1.29 is 34.3 Å². The fourth-order valence-electron chi connectivity index (χ4n) is 0.306. The van der Waals surface area contributed by atoms with Crippen LogP contribution in [0.25, 0.3) is 0 Å². The molecule has 0 rings (SSSR count). The molecule has 0 aliphatic carbocycles. The molecule has 0 heterocycles. The van der Waals surface area contributed by atoms with Crippen LogP contribution in [0.3, 0.4) is 0 Å². The minimum absolute atomic E-state index is 0. The second-order valence-corrected chi connectivity index (χ2v) is 2.46. The van der Waals surface area contributed by atoms with E-state index in [0.29, 0.717) is 6.61 Å². The van der Waals surface area contributed by atoms with Crippen molar-refractivity contribution in [1.82, 2.24) is 0 Å². The molecule has 8 heavy (non-hydrogen) atoms. The van der Waals surface area contributed by atoms with Crippen molar-refractivity contribution in [3.8, 4) is 0 Å². The van der Waals surface area contributed by atoms with Crippen molar-refractivity contribution >= 4 is 0 Å². The van der Waals surface area contributed by atoms with Gasteiger partial charge in [0.05, 0.1) is 5.60 Å². The maximum atomic E-state index is 5.12. The fourth-order valence-corrected chi connectivity index (χ4v) is 0.306. The van der Waals surface area contributed by atoms with Crippen LogP contribution < -0.4 is 29.6 Å². The molecule has 0 aromatic rings. The Kier molecular flexibility index (Phi) is 7.04. The molecular weight excluding hydrogens is 111 g/mol. The summed E-state index contributed by atoms with van der Waals surface area (Å²) in [4.78, 5) is 0. The maximum Gasteiger partial charge on any atom is 1.00 e. The number of ether oxygens (including phenoxy) is 1. The molecule has 0 spiro atoms. The van der Waals surface area contributed by atoms with Crippen molar-refractivity contribution in [3.63, 3.8) is 0 Å². The zero-order chi connectivity index (χ0) is 5.91. The normalized spacial score (nSPS) is 10.5. The molecule has 0 aliphatic rings. The molecule has 0 saturated carbocycles. The third kappa shape index (κ3) is 10.0. The van der Waals surface area contributed by atoms with Gasteiger partial charge in [0.15, 0.2) is 0 Å². The minimum Gasteiger partial charge on any atom is -0.408 e. The van der Waals surface area contributed by atoms with Crippen molar-refractivity contribution in [2.24, 2.45) is 0 Å². The molecule has 0 atom stereocenters. The van der Waals surface area contributed by atoms with Gasteiger partial charge >= 0.3 is 29.6 Å². The van der Waals surface area contributed by atoms with Gasteiger partial charge in [-0.1, -0.05) is 6.61 Å². The first kappa shape index (κ1) is 11.7. The van der Waals surface area contributed by atoms with Crippen LogP contribution in [0.4, 0.5) is 0 Å². The molecule has 1 nitrogen and oxygen atoms in total. The molecule has 2 heteroatoms. The molecule has 0 aliphatic heterocycles. The van der Waals surface area contributed by atoms with Crippen LogP contribution in [0.15, 0.2) is 0 Å². The Hall–Kier alpha value is 0.960. The van der Waals surface area contributed by atoms with Gasteiger partial charge in [-0.3, -0.25) is 0 Å². The van der Waals surface area contributed by atoms with Gasteiger partial charge in [-0.15, -0.1) is 0 Å². The van der Waals surface area contributed by atoms with Gasteiger partial charge in [-0.05, 0) is 20.8 Å². The molecule has 44 valence electrons. The third-order valence-electron chi connectivity index (χ3n) is 0.535. The zero-order valence-electron chi connectivity index (χ0n) is 6.32. The predicted molar refractivity (Wildman–Crippen MR) is 31.1 cm³/mol. The Morgan fingerprint density at radius 1 is 1.38 bits per heavy atom. The minimum atomic E-state index is -0.0122. The van der Waals surface area contributed by atoms with E-state index in [2.05, 4.69) is 6.92 Å². The summed E-state index contributed by atoms with van der Waals surface area (Å²) in [5.74, 6) is 0. The summed E-state index contributed by atoms with van der Waals surface area (Å²) >= 11 is 0. The zero-order valence-corrected chi connectivity index (χ0v) is 8.32. The first-order valence-corrected chi connectivity index (χ1v) is 2.49. The van der Waals surface area contributed by atoms with E-state index >= 15 is 0 Å². The second-order valence-electron chi connectivity index (χ2n) is 2.46. The molecule has 0 saturated heterocycles. The van der Waals surface area contributed by atoms with Crippen LogP contribution in [-0.2, 0) is 4.74 Å². The van der Waals surface area contributed by atoms with Crippen molar-refractivity contribution in [2.75, 3.05) is 6.61 Å². The molecule has 0 bridgehead atoms. The monoisotopic (exact) mass is 124 g/mol. The molecule has 0 radical (unpaired) electrons. The SMILES string of the molecule is [CH2-]COC(C)(C)C.[Na+]. The molecule has 0 fully saturated rings. The van der Waals surface area contributed by atoms with Gasteiger partial charge in [0.25, 0.3) is 0 Å². The van der Waals surface area contributed by atoms with Gasteiger partial charge in [0.1, 0.15) is 0 Å². The van der Waals surface area contributed by atoms with E-state index in [1.54, 1.807) is 0 Å². The van der Waals surface area contributed by atoms with Crippen LogP contribution in [-0.4, -0.2) is 12.2 Å². The van der Waals surface area contributed by atoms with E-state index in [1.807, 2.05) is 20.8 Å². The van der Waals surface area contributed by atoms with Gasteiger partial charge in [-0.25, -0.2) is 0 Å². The first-order chi connectivity index (χ1) is 3.06. The van der Waals surface area contributed by atoms with E-state index in [4.69, 9.17) is 4.74 Å². The Bertz CT molecular complexity index is 47.0. The maximum absolute atomic E-state index is 5.12. The second kappa shape index (κ2) is 4.80. The Balaban J connectivity index is 0. The Morgan fingerprint density at radius 2 is 1.75 bits per heavy atom. The largest absolute Gasteiger partial charge is 1.00 e. The van der Waals surface area contributed by atoms with Gasteiger partial charge in [0, 0.05) is 0 Å². The summed E-state index contributed by atoms with van der Waals surface area (Å²) in [6.07, 6.45) is 0. The predicted octanol–water partition coefficient (Wildman–Crippen LogP) is -1.36. The molecular formula is C6H13NaO. The summed E-state index contributed by atoms with van der Waals surface area (Å²) in [7, 11) is 0. The number of hydrogen-bond donors (Lipinski definition) is 0. The van der Waals surface area contributed by atoms with Crippen LogP contribution in [0.1, 0.15) is 20.8 Å². The average Bonchev–Trinajstić information content (AvgIpc) is 1.30. The quantitative estimate of drug-likeness (QED) is 0.310. The van der Waals surface area contributed by atoms with Crippen LogP contribution in [0.5, 0.6) is 0 Å². The van der Waals surface area contributed by atoms with Gasteiger partial charge in [0.2, 0.25) is 0 Å². The van der Waals surface area contributed by atoms with E-state index in [0.717, 1.165) is 0 Å². The fraction of sp³-hybridized carbons (Fsp3) is 0.833. The summed E-state index contributed by atoms with van der Waals surface area (Å²) in [6.45, 7) is 10.1. The molecule has 0 aromatic carbocycles. The van der Waals surface area contributed by atoms with Crippen molar-refractivity contribution in [3.05, 3.63) is 6.92 Å². The number of hydrogen-bond acceptors (Lipinski definition) is 1. The standard InChI is InChI=1S/C6H13O.Na/c1-5-7-6(2,3)4;/h1,5H2,2-4H3;/q-1;+1.